The number of benzene rings is 1. The lowest BCUT2D eigenvalue weighted by molar-refractivity contribution is -0.139. The standard InChI is InChI=1S/C12H14F3O5P/c1-2-20-21(17,18)8-9(16)7-19-11-6-4-3-5-10(11)12(13,14)15/h3-6H,2,7-8H2,1H3,(H,17,18). The van der Waals surface area contributed by atoms with Crippen LogP contribution in [0.5, 0.6) is 5.75 Å². The molecule has 0 aliphatic heterocycles. The second-order valence-corrected chi connectivity index (χ2v) is 5.88. The van der Waals surface area contributed by atoms with Gasteiger partial charge < -0.3 is 14.2 Å². The molecule has 0 aliphatic rings. The number of rotatable bonds is 7. The summed E-state index contributed by atoms with van der Waals surface area (Å²) in [6.45, 7) is 0.674. The summed E-state index contributed by atoms with van der Waals surface area (Å²) in [5, 5.41) is 0. The zero-order chi connectivity index (χ0) is 16.1. The first-order valence-corrected chi connectivity index (χ1v) is 7.69. The molecule has 0 aromatic heterocycles. The SMILES string of the molecule is CCOP(=O)(O)CC(=O)COc1ccccc1C(F)(F)F. The molecule has 5 nitrogen and oxygen atoms in total. The highest BCUT2D eigenvalue weighted by Crippen LogP contribution is 2.41. The largest absolute Gasteiger partial charge is 0.485 e. The summed E-state index contributed by atoms with van der Waals surface area (Å²) in [5.41, 5.74) is -1.02. The molecule has 21 heavy (non-hydrogen) atoms. The number of ether oxygens (including phenoxy) is 1. The van der Waals surface area contributed by atoms with Crippen LogP contribution >= 0.6 is 7.60 Å². The zero-order valence-electron chi connectivity index (χ0n) is 11.1. The van der Waals surface area contributed by atoms with E-state index in [1.54, 1.807) is 0 Å². The van der Waals surface area contributed by atoms with E-state index in [-0.39, 0.29) is 6.61 Å². The lowest BCUT2D eigenvalue weighted by Gasteiger charge is -2.14. The average Bonchev–Trinajstić information content (AvgIpc) is 2.35. The van der Waals surface area contributed by atoms with Crippen LogP contribution in [0.4, 0.5) is 13.2 Å². The molecule has 0 aliphatic carbocycles. The highest BCUT2D eigenvalue weighted by Gasteiger charge is 2.34. The maximum absolute atomic E-state index is 12.7. The van der Waals surface area contributed by atoms with Gasteiger partial charge in [0.15, 0.2) is 5.78 Å². The number of para-hydroxylation sites is 1. The molecule has 1 rings (SSSR count). The van der Waals surface area contributed by atoms with Crippen LogP contribution in [-0.4, -0.2) is 30.1 Å². The van der Waals surface area contributed by atoms with E-state index in [4.69, 9.17) is 4.74 Å². The van der Waals surface area contributed by atoms with Gasteiger partial charge >= 0.3 is 13.8 Å². The van der Waals surface area contributed by atoms with Crippen molar-refractivity contribution in [1.29, 1.82) is 0 Å². The number of ketones is 1. The molecule has 0 saturated heterocycles. The van der Waals surface area contributed by atoms with Crippen molar-refractivity contribution >= 4 is 13.4 Å². The van der Waals surface area contributed by atoms with E-state index >= 15 is 0 Å². The summed E-state index contributed by atoms with van der Waals surface area (Å²) in [6.07, 6.45) is -5.42. The van der Waals surface area contributed by atoms with E-state index in [0.29, 0.717) is 0 Å². The first-order valence-electron chi connectivity index (χ1n) is 5.93. The van der Waals surface area contributed by atoms with E-state index in [1.807, 2.05) is 0 Å². The summed E-state index contributed by atoms with van der Waals surface area (Å²) < 4.78 is 58.6. The number of alkyl halides is 3. The Bertz CT molecular complexity index is 544. The molecule has 0 heterocycles. The quantitative estimate of drug-likeness (QED) is 0.780. The van der Waals surface area contributed by atoms with Gasteiger partial charge in [0.25, 0.3) is 0 Å². The molecule has 1 aromatic carbocycles. The highest BCUT2D eigenvalue weighted by molar-refractivity contribution is 7.53. The van der Waals surface area contributed by atoms with Crippen molar-refractivity contribution < 1.29 is 36.7 Å². The summed E-state index contributed by atoms with van der Waals surface area (Å²) in [5.74, 6) is -1.34. The van der Waals surface area contributed by atoms with Gasteiger partial charge in [0.1, 0.15) is 18.5 Å². The normalized spacial score (nSPS) is 14.5. The highest BCUT2D eigenvalue weighted by atomic mass is 31.2. The fourth-order valence-electron chi connectivity index (χ4n) is 1.50. The predicted molar refractivity (Wildman–Crippen MR) is 68.3 cm³/mol. The van der Waals surface area contributed by atoms with Gasteiger partial charge in [-0.25, -0.2) is 0 Å². The van der Waals surface area contributed by atoms with Crippen molar-refractivity contribution in [3.63, 3.8) is 0 Å². The molecule has 118 valence electrons. The third-order valence-electron chi connectivity index (χ3n) is 2.29. The van der Waals surface area contributed by atoms with Gasteiger partial charge in [0, 0.05) is 0 Å². The van der Waals surface area contributed by atoms with E-state index in [1.165, 1.54) is 19.1 Å². The summed E-state index contributed by atoms with van der Waals surface area (Å²) in [4.78, 5) is 20.7. The topological polar surface area (TPSA) is 72.8 Å². The van der Waals surface area contributed by atoms with Gasteiger partial charge in [-0.3, -0.25) is 9.36 Å². The monoisotopic (exact) mass is 326 g/mol. The van der Waals surface area contributed by atoms with Crippen molar-refractivity contribution in [3.8, 4) is 5.75 Å². The molecule has 0 radical (unpaired) electrons. The van der Waals surface area contributed by atoms with Gasteiger partial charge in [0.2, 0.25) is 0 Å². The van der Waals surface area contributed by atoms with Crippen molar-refractivity contribution in [1.82, 2.24) is 0 Å². The third-order valence-corrected chi connectivity index (χ3v) is 3.70. The number of hydrogen-bond donors (Lipinski definition) is 1. The van der Waals surface area contributed by atoms with Crippen molar-refractivity contribution in [2.24, 2.45) is 0 Å². The Labute approximate surface area is 119 Å². The minimum absolute atomic E-state index is 0.0567. The molecule has 0 spiro atoms. The fraction of sp³-hybridized carbons (Fsp3) is 0.417. The summed E-state index contributed by atoms with van der Waals surface area (Å²) in [6, 6.07) is 4.40. The molecular weight excluding hydrogens is 312 g/mol. The van der Waals surface area contributed by atoms with Crippen LogP contribution in [0.3, 0.4) is 0 Å². The van der Waals surface area contributed by atoms with Crippen LogP contribution in [0.25, 0.3) is 0 Å². The number of carbonyl (C=O) groups excluding carboxylic acids is 1. The van der Waals surface area contributed by atoms with Crippen LogP contribution in [0.15, 0.2) is 24.3 Å². The van der Waals surface area contributed by atoms with E-state index < -0.39 is 43.6 Å². The fourth-order valence-corrected chi connectivity index (χ4v) is 2.53. The molecular formula is C12H14F3O5P. The Morgan fingerprint density at radius 3 is 2.52 bits per heavy atom. The lowest BCUT2D eigenvalue weighted by Crippen LogP contribution is -2.18. The molecule has 0 fully saturated rings. The van der Waals surface area contributed by atoms with Gasteiger partial charge in [0.05, 0.1) is 12.2 Å². The number of halogens is 3. The summed E-state index contributed by atoms with van der Waals surface area (Å²) in [7, 11) is -4.07. The van der Waals surface area contributed by atoms with Crippen LogP contribution in [0.1, 0.15) is 12.5 Å². The molecule has 0 bridgehead atoms. The van der Waals surface area contributed by atoms with Crippen LogP contribution < -0.4 is 4.74 Å². The first kappa shape index (κ1) is 17.7. The molecule has 1 unspecified atom stereocenters. The number of hydrogen-bond acceptors (Lipinski definition) is 4. The zero-order valence-corrected chi connectivity index (χ0v) is 12.0. The minimum atomic E-state index is -4.61. The maximum atomic E-state index is 12.7. The first-order chi connectivity index (χ1) is 9.65. The second-order valence-electron chi connectivity index (χ2n) is 4.03. The second kappa shape index (κ2) is 7.06. The molecule has 0 saturated carbocycles. The minimum Gasteiger partial charge on any atom is -0.485 e. The Hall–Kier alpha value is -1.37. The molecule has 9 heteroatoms. The summed E-state index contributed by atoms with van der Waals surface area (Å²) >= 11 is 0. The lowest BCUT2D eigenvalue weighted by atomic mass is 10.2. The van der Waals surface area contributed by atoms with E-state index in [2.05, 4.69) is 4.52 Å². The van der Waals surface area contributed by atoms with Crippen LogP contribution in [0.2, 0.25) is 0 Å². The molecule has 0 amide bonds. The van der Waals surface area contributed by atoms with E-state index in [9.17, 15) is 27.4 Å². The molecule has 1 N–H and O–H groups in total. The Kier molecular flexibility index (Phi) is 5.95. The molecule has 1 aromatic rings. The van der Waals surface area contributed by atoms with Crippen LogP contribution in [0, 0.1) is 0 Å². The van der Waals surface area contributed by atoms with E-state index in [0.717, 1.165) is 12.1 Å². The number of Topliss-reactive ketones (excluding diaryl/α,β-unsaturated/α-hetero) is 1. The smallest absolute Gasteiger partial charge is 0.419 e. The molecule has 1 atom stereocenters. The Morgan fingerprint density at radius 1 is 1.33 bits per heavy atom. The van der Waals surface area contributed by atoms with Crippen molar-refractivity contribution in [2.45, 2.75) is 13.1 Å². The Morgan fingerprint density at radius 2 is 1.95 bits per heavy atom. The van der Waals surface area contributed by atoms with Gasteiger partial charge in [-0.1, -0.05) is 12.1 Å². The van der Waals surface area contributed by atoms with Crippen molar-refractivity contribution in [2.75, 3.05) is 19.4 Å². The average molecular weight is 326 g/mol. The van der Waals surface area contributed by atoms with Gasteiger partial charge in [-0.2, -0.15) is 13.2 Å². The van der Waals surface area contributed by atoms with Crippen molar-refractivity contribution in [3.05, 3.63) is 29.8 Å². The maximum Gasteiger partial charge on any atom is 0.419 e. The third kappa shape index (κ3) is 5.87. The Balaban J connectivity index is 2.68. The predicted octanol–water partition coefficient (Wildman–Crippen LogP) is 2.88. The van der Waals surface area contributed by atoms with Gasteiger partial charge in [-0.05, 0) is 19.1 Å². The van der Waals surface area contributed by atoms with Crippen LogP contribution in [-0.2, 0) is 20.1 Å². The number of carbonyl (C=O) groups is 1. The van der Waals surface area contributed by atoms with Gasteiger partial charge in [-0.15, -0.1) is 0 Å².